The van der Waals surface area contributed by atoms with E-state index in [-0.39, 0.29) is 12.3 Å². The van der Waals surface area contributed by atoms with Crippen LogP contribution >= 0.6 is 0 Å². The number of alkyl halides is 3. The minimum absolute atomic E-state index is 0.00957. The lowest BCUT2D eigenvalue weighted by atomic mass is 10.0. The van der Waals surface area contributed by atoms with Gasteiger partial charge in [0.05, 0.1) is 18.4 Å². The highest BCUT2D eigenvalue weighted by molar-refractivity contribution is 7.88. The second-order valence-electron chi connectivity index (χ2n) is 4.88. The van der Waals surface area contributed by atoms with Gasteiger partial charge in [-0.1, -0.05) is 23.4 Å². The van der Waals surface area contributed by atoms with E-state index in [2.05, 4.69) is 14.7 Å². The first-order valence-electron chi connectivity index (χ1n) is 6.08. The number of rotatable bonds is 4. The van der Waals surface area contributed by atoms with Crippen molar-refractivity contribution in [1.82, 2.24) is 4.72 Å². The van der Waals surface area contributed by atoms with Crippen molar-refractivity contribution in [3.8, 4) is 0 Å². The molecule has 0 saturated heterocycles. The van der Waals surface area contributed by atoms with Gasteiger partial charge in [-0.05, 0) is 17.2 Å². The van der Waals surface area contributed by atoms with E-state index in [1.807, 2.05) is 0 Å². The molecule has 1 unspecified atom stereocenters. The van der Waals surface area contributed by atoms with Gasteiger partial charge >= 0.3 is 12.0 Å². The van der Waals surface area contributed by atoms with Gasteiger partial charge in [-0.15, -0.1) is 0 Å². The van der Waals surface area contributed by atoms with Crippen LogP contribution in [0, 0.1) is 0 Å². The normalized spacial score (nSPS) is 22.3. The minimum Gasteiger partial charge on any atom is -0.350 e. The summed E-state index contributed by atoms with van der Waals surface area (Å²) in [6.45, 7) is -0.00957. The molecular weight excluding hydrogens is 325 g/mol. The maximum Gasteiger partial charge on any atom is 0.458 e. The minimum atomic E-state index is -4.96. The summed E-state index contributed by atoms with van der Waals surface area (Å²) >= 11 is 0. The molecule has 0 amide bonds. The van der Waals surface area contributed by atoms with E-state index >= 15 is 0 Å². The first-order valence-corrected chi connectivity index (χ1v) is 7.97. The second-order valence-corrected chi connectivity index (χ2v) is 6.71. The lowest BCUT2D eigenvalue weighted by Gasteiger charge is -2.22. The average Bonchev–Trinajstić information content (AvgIpc) is 2.80. The van der Waals surface area contributed by atoms with E-state index in [1.165, 1.54) is 12.1 Å². The Labute approximate surface area is 124 Å². The molecular formula is C12H13F3N2O4S. The molecule has 0 saturated carbocycles. The fourth-order valence-corrected chi connectivity index (χ4v) is 2.23. The van der Waals surface area contributed by atoms with Gasteiger partial charge in [0.25, 0.3) is 0 Å². The highest BCUT2D eigenvalue weighted by Gasteiger charge is 2.60. The summed E-state index contributed by atoms with van der Waals surface area (Å²) < 4.78 is 62.2. The molecule has 0 spiro atoms. The van der Waals surface area contributed by atoms with Crippen molar-refractivity contribution in [3.05, 3.63) is 35.4 Å². The van der Waals surface area contributed by atoms with Gasteiger partial charge in [0.15, 0.2) is 0 Å². The predicted molar refractivity (Wildman–Crippen MR) is 71.4 cm³/mol. The van der Waals surface area contributed by atoms with Crippen molar-refractivity contribution in [2.45, 2.75) is 24.9 Å². The van der Waals surface area contributed by atoms with Crippen molar-refractivity contribution in [2.75, 3.05) is 6.26 Å². The Morgan fingerprint density at radius 3 is 2.68 bits per heavy atom. The van der Waals surface area contributed by atoms with Crippen LogP contribution in [-0.4, -0.2) is 37.5 Å². The zero-order valence-electron chi connectivity index (χ0n) is 11.4. The highest BCUT2D eigenvalue weighted by atomic mass is 32.2. The van der Waals surface area contributed by atoms with Crippen molar-refractivity contribution in [1.29, 1.82) is 0 Å². The summed E-state index contributed by atoms with van der Waals surface area (Å²) in [5.74, 6) is -3.33. The molecule has 10 heteroatoms. The van der Waals surface area contributed by atoms with Crippen LogP contribution in [0.1, 0.15) is 17.5 Å². The van der Waals surface area contributed by atoms with Crippen LogP contribution in [0.15, 0.2) is 29.4 Å². The van der Waals surface area contributed by atoms with Gasteiger partial charge < -0.3 is 9.94 Å². The Kier molecular flexibility index (Phi) is 4.20. The SMILES string of the molecule is CS(=O)(=O)NCc1cccc(C2=NOC(O)(C(F)(F)F)C2)c1. The number of nitrogens with one attached hydrogen (secondary N) is 1. The van der Waals surface area contributed by atoms with Gasteiger partial charge in [-0.3, -0.25) is 0 Å². The number of aliphatic hydroxyl groups is 1. The van der Waals surface area contributed by atoms with Gasteiger partial charge in [-0.2, -0.15) is 13.2 Å². The molecule has 122 valence electrons. The summed E-state index contributed by atoms with van der Waals surface area (Å²) in [5.41, 5.74) is 0.780. The van der Waals surface area contributed by atoms with Gasteiger partial charge in [-0.25, -0.2) is 13.1 Å². The third kappa shape index (κ3) is 3.76. The summed E-state index contributed by atoms with van der Waals surface area (Å²) in [7, 11) is -3.39. The lowest BCUT2D eigenvalue weighted by molar-refractivity contribution is -0.355. The Bertz CT molecular complexity index is 703. The first-order chi connectivity index (χ1) is 10.0. The maximum absolute atomic E-state index is 12.6. The smallest absolute Gasteiger partial charge is 0.350 e. The van der Waals surface area contributed by atoms with E-state index in [0.717, 1.165) is 6.26 Å². The molecule has 1 atom stereocenters. The molecule has 2 N–H and O–H groups in total. The molecule has 0 aromatic heterocycles. The Morgan fingerprint density at radius 1 is 1.45 bits per heavy atom. The van der Waals surface area contributed by atoms with E-state index in [1.54, 1.807) is 12.1 Å². The van der Waals surface area contributed by atoms with Crippen LogP contribution in [0.5, 0.6) is 0 Å². The van der Waals surface area contributed by atoms with Crippen LogP contribution in [0.4, 0.5) is 13.2 Å². The Balaban J connectivity index is 2.15. The van der Waals surface area contributed by atoms with E-state index < -0.39 is 28.4 Å². The largest absolute Gasteiger partial charge is 0.458 e. The number of hydrogen-bond donors (Lipinski definition) is 2. The number of sulfonamides is 1. The molecule has 1 heterocycles. The highest BCUT2D eigenvalue weighted by Crippen LogP contribution is 2.38. The Morgan fingerprint density at radius 2 is 2.14 bits per heavy atom. The second kappa shape index (κ2) is 5.52. The van der Waals surface area contributed by atoms with E-state index in [9.17, 15) is 26.7 Å². The third-order valence-electron chi connectivity index (χ3n) is 2.96. The van der Waals surface area contributed by atoms with Crippen LogP contribution in [0.2, 0.25) is 0 Å². The number of halogens is 3. The van der Waals surface area contributed by atoms with Crippen LogP contribution < -0.4 is 4.72 Å². The number of benzene rings is 1. The lowest BCUT2D eigenvalue weighted by Crippen LogP contribution is -2.45. The fourth-order valence-electron chi connectivity index (χ4n) is 1.80. The third-order valence-corrected chi connectivity index (χ3v) is 3.62. The molecule has 0 bridgehead atoms. The topological polar surface area (TPSA) is 88.0 Å². The van der Waals surface area contributed by atoms with Crippen LogP contribution in [-0.2, 0) is 21.4 Å². The van der Waals surface area contributed by atoms with Crippen LogP contribution in [0.25, 0.3) is 0 Å². The van der Waals surface area contributed by atoms with Crippen molar-refractivity contribution >= 4 is 15.7 Å². The van der Waals surface area contributed by atoms with Crippen molar-refractivity contribution < 1.29 is 31.5 Å². The molecule has 0 aliphatic carbocycles. The molecule has 1 aliphatic rings. The van der Waals surface area contributed by atoms with Crippen molar-refractivity contribution in [2.24, 2.45) is 5.16 Å². The summed E-state index contributed by atoms with van der Waals surface area (Å²) in [6.07, 6.45) is -4.80. The van der Waals surface area contributed by atoms with Crippen LogP contribution in [0.3, 0.4) is 0 Å². The quantitative estimate of drug-likeness (QED) is 0.861. The first kappa shape index (κ1) is 16.7. The van der Waals surface area contributed by atoms with E-state index in [4.69, 9.17) is 0 Å². The Hall–Kier alpha value is -1.65. The number of hydrogen-bond acceptors (Lipinski definition) is 5. The predicted octanol–water partition coefficient (Wildman–Crippen LogP) is 1.11. The summed E-state index contributed by atoms with van der Waals surface area (Å²) in [5, 5.41) is 12.7. The van der Waals surface area contributed by atoms with Gasteiger partial charge in [0.2, 0.25) is 10.0 Å². The molecule has 0 fully saturated rings. The summed E-state index contributed by atoms with van der Waals surface area (Å²) in [4.78, 5) is 4.13. The molecule has 22 heavy (non-hydrogen) atoms. The average molecular weight is 338 g/mol. The fraction of sp³-hybridized carbons (Fsp3) is 0.417. The summed E-state index contributed by atoms with van der Waals surface area (Å²) in [6, 6.07) is 6.12. The molecule has 6 nitrogen and oxygen atoms in total. The maximum atomic E-state index is 12.6. The molecule has 1 aromatic carbocycles. The zero-order valence-corrected chi connectivity index (χ0v) is 12.2. The molecule has 0 radical (unpaired) electrons. The van der Waals surface area contributed by atoms with E-state index in [0.29, 0.717) is 11.1 Å². The van der Waals surface area contributed by atoms with Gasteiger partial charge in [0.1, 0.15) is 0 Å². The molecule has 1 aliphatic heterocycles. The monoisotopic (exact) mass is 338 g/mol. The zero-order chi connectivity index (χ0) is 16.6. The number of oxime groups is 1. The molecule has 1 aromatic rings. The van der Waals surface area contributed by atoms with Crippen molar-refractivity contribution in [3.63, 3.8) is 0 Å². The standard InChI is InChI=1S/C12H13F3N2O4S/c1-22(19,20)16-7-8-3-2-4-9(5-8)10-6-11(18,21-17-10)12(13,14)15/h2-5,16,18H,6-7H2,1H3. The number of nitrogens with zero attached hydrogens (tertiary/aromatic N) is 1. The molecule has 2 rings (SSSR count). The van der Waals surface area contributed by atoms with Gasteiger partial charge in [0, 0.05) is 6.54 Å².